The van der Waals surface area contributed by atoms with Crippen molar-refractivity contribution in [1.82, 2.24) is 15.1 Å². The van der Waals surface area contributed by atoms with Crippen LogP contribution >= 0.6 is 0 Å². The summed E-state index contributed by atoms with van der Waals surface area (Å²) in [6.45, 7) is 7.64. The fraction of sp³-hybridized carbons (Fsp3) is 0.636. The molecular formula is C11H19N3O. The standard InChI is InChI=1S/C9H13N3O.C2H6/c1-7-3-11-12(5-7)6-8-2-9(13)10-4-8;1-2/h3,5,8H,2,4,6H2,1H3,(H,10,13);1-2H3. The summed E-state index contributed by atoms with van der Waals surface area (Å²) in [5, 5.41) is 7.00. The van der Waals surface area contributed by atoms with Crippen molar-refractivity contribution < 1.29 is 4.79 Å². The lowest BCUT2D eigenvalue weighted by atomic mass is 10.1. The Labute approximate surface area is 90.7 Å². The van der Waals surface area contributed by atoms with Crippen LogP contribution in [0.1, 0.15) is 25.8 Å². The van der Waals surface area contributed by atoms with E-state index >= 15 is 0 Å². The first-order valence-electron chi connectivity index (χ1n) is 5.50. The van der Waals surface area contributed by atoms with E-state index in [4.69, 9.17) is 0 Å². The van der Waals surface area contributed by atoms with Crippen molar-refractivity contribution in [2.45, 2.75) is 33.7 Å². The van der Waals surface area contributed by atoms with E-state index < -0.39 is 0 Å². The normalized spacial score (nSPS) is 19.4. The van der Waals surface area contributed by atoms with Gasteiger partial charge < -0.3 is 5.32 Å². The van der Waals surface area contributed by atoms with Crippen molar-refractivity contribution in [3.8, 4) is 0 Å². The summed E-state index contributed by atoms with van der Waals surface area (Å²) in [6.07, 6.45) is 4.48. The van der Waals surface area contributed by atoms with Gasteiger partial charge in [-0.15, -0.1) is 0 Å². The van der Waals surface area contributed by atoms with Gasteiger partial charge in [0.25, 0.3) is 0 Å². The van der Waals surface area contributed by atoms with Gasteiger partial charge in [-0.1, -0.05) is 13.8 Å². The molecule has 2 rings (SSSR count). The third-order valence-corrected chi connectivity index (χ3v) is 2.27. The van der Waals surface area contributed by atoms with Crippen LogP contribution in [0, 0.1) is 12.8 Å². The summed E-state index contributed by atoms with van der Waals surface area (Å²) < 4.78 is 1.90. The summed E-state index contributed by atoms with van der Waals surface area (Å²) in [5.74, 6) is 0.570. The highest BCUT2D eigenvalue weighted by Gasteiger charge is 2.21. The molecule has 4 heteroatoms. The van der Waals surface area contributed by atoms with E-state index in [-0.39, 0.29) is 5.91 Å². The Morgan fingerprint density at radius 2 is 2.33 bits per heavy atom. The molecule has 1 N–H and O–H groups in total. The van der Waals surface area contributed by atoms with E-state index in [1.807, 2.05) is 37.8 Å². The maximum Gasteiger partial charge on any atom is 0.220 e. The van der Waals surface area contributed by atoms with E-state index in [2.05, 4.69) is 10.4 Å². The topological polar surface area (TPSA) is 46.9 Å². The SMILES string of the molecule is CC.Cc1cnn(CC2CNC(=O)C2)c1. The molecule has 1 aliphatic heterocycles. The van der Waals surface area contributed by atoms with Gasteiger partial charge in [0, 0.05) is 31.6 Å². The fourth-order valence-corrected chi connectivity index (χ4v) is 1.63. The highest BCUT2D eigenvalue weighted by molar-refractivity contribution is 5.78. The smallest absolute Gasteiger partial charge is 0.220 e. The molecule has 84 valence electrons. The van der Waals surface area contributed by atoms with E-state index in [0.717, 1.165) is 18.7 Å². The average Bonchev–Trinajstić information content (AvgIpc) is 2.80. The first kappa shape index (κ1) is 11.8. The summed E-state index contributed by atoms with van der Waals surface area (Å²) in [6, 6.07) is 0. The number of nitrogens with one attached hydrogen (secondary N) is 1. The number of hydrogen-bond donors (Lipinski definition) is 1. The fourth-order valence-electron chi connectivity index (χ4n) is 1.63. The van der Waals surface area contributed by atoms with Crippen LogP contribution in [0.2, 0.25) is 0 Å². The predicted molar refractivity (Wildman–Crippen MR) is 59.4 cm³/mol. The minimum absolute atomic E-state index is 0.161. The number of aryl methyl sites for hydroxylation is 1. The van der Waals surface area contributed by atoms with E-state index in [9.17, 15) is 4.79 Å². The molecule has 0 saturated carbocycles. The second-order valence-electron chi connectivity index (χ2n) is 3.61. The molecule has 1 fully saturated rings. The largest absolute Gasteiger partial charge is 0.356 e. The van der Waals surface area contributed by atoms with Crippen molar-refractivity contribution in [3.63, 3.8) is 0 Å². The van der Waals surface area contributed by atoms with Crippen molar-refractivity contribution in [1.29, 1.82) is 0 Å². The van der Waals surface area contributed by atoms with Crippen LogP contribution in [0.25, 0.3) is 0 Å². The van der Waals surface area contributed by atoms with Gasteiger partial charge in [-0.3, -0.25) is 9.48 Å². The van der Waals surface area contributed by atoms with Crippen LogP contribution in [-0.2, 0) is 11.3 Å². The number of rotatable bonds is 2. The van der Waals surface area contributed by atoms with Crippen LogP contribution in [0.3, 0.4) is 0 Å². The van der Waals surface area contributed by atoms with Crippen LogP contribution in [0.4, 0.5) is 0 Å². The molecule has 1 unspecified atom stereocenters. The summed E-state index contributed by atoms with van der Waals surface area (Å²) in [4.78, 5) is 10.9. The molecule has 0 bridgehead atoms. The maximum absolute atomic E-state index is 10.9. The lowest BCUT2D eigenvalue weighted by Crippen LogP contribution is -2.16. The number of aromatic nitrogens is 2. The predicted octanol–water partition coefficient (Wildman–Crippen LogP) is 1.35. The molecule has 0 aromatic carbocycles. The Morgan fingerprint density at radius 1 is 1.60 bits per heavy atom. The Kier molecular flexibility index (Phi) is 4.34. The molecule has 2 heterocycles. The van der Waals surface area contributed by atoms with Crippen molar-refractivity contribution in [2.75, 3.05) is 6.54 Å². The van der Waals surface area contributed by atoms with Crippen LogP contribution < -0.4 is 5.32 Å². The van der Waals surface area contributed by atoms with E-state index in [1.54, 1.807) is 0 Å². The molecular weight excluding hydrogens is 190 g/mol. The zero-order valence-corrected chi connectivity index (χ0v) is 9.66. The number of hydrogen-bond acceptors (Lipinski definition) is 2. The average molecular weight is 209 g/mol. The number of carbonyl (C=O) groups is 1. The quantitative estimate of drug-likeness (QED) is 0.799. The monoisotopic (exact) mass is 209 g/mol. The van der Waals surface area contributed by atoms with Crippen molar-refractivity contribution in [2.24, 2.45) is 5.92 Å². The van der Waals surface area contributed by atoms with E-state index in [1.165, 1.54) is 0 Å². The molecule has 1 saturated heterocycles. The number of carbonyl (C=O) groups excluding carboxylic acids is 1. The molecule has 1 aromatic heterocycles. The van der Waals surface area contributed by atoms with Crippen LogP contribution in [-0.4, -0.2) is 22.2 Å². The Bertz CT molecular complexity index is 319. The van der Waals surface area contributed by atoms with E-state index in [0.29, 0.717) is 12.3 Å². The second-order valence-corrected chi connectivity index (χ2v) is 3.61. The van der Waals surface area contributed by atoms with Crippen molar-refractivity contribution >= 4 is 5.91 Å². The first-order valence-corrected chi connectivity index (χ1v) is 5.50. The van der Waals surface area contributed by atoms with Gasteiger partial charge in [-0.25, -0.2) is 0 Å². The van der Waals surface area contributed by atoms with Gasteiger partial charge in [0.2, 0.25) is 5.91 Å². The molecule has 0 radical (unpaired) electrons. The first-order chi connectivity index (χ1) is 7.24. The number of nitrogens with zero attached hydrogens (tertiary/aromatic N) is 2. The molecule has 1 amide bonds. The summed E-state index contributed by atoms with van der Waals surface area (Å²) in [5.41, 5.74) is 1.16. The van der Waals surface area contributed by atoms with Crippen molar-refractivity contribution in [3.05, 3.63) is 18.0 Å². The number of amides is 1. The lowest BCUT2D eigenvalue weighted by molar-refractivity contribution is -0.119. The molecule has 4 nitrogen and oxygen atoms in total. The Hall–Kier alpha value is -1.32. The molecule has 0 aliphatic carbocycles. The van der Waals surface area contributed by atoms with Gasteiger partial charge in [0.1, 0.15) is 0 Å². The Morgan fingerprint density at radius 3 is 2.80 bits per heavy atom. The Balaban J connectivity index is 0.000000531. The van der Waals surface area contributed by atoms with Crippen LogP contribution in [0.5, 0.6) is 0 Å². The third kappa shape index (κ3) is 3.38. The second kappa shape index (κ2) is 5.53. The minimum atomic E-state index is 0.161. The third-order valence-electron chi connectivity index (χ3n) is 2.27. The summed E-state index contributed by atoms with van der Waals surface area (Å²) >= 11 is 0. The summed E-state index contributed by atoms with van der Waals surface area (Å²) in [7, 11) is 0. The molecule has 1 atom stereocenters. The maximum atomic E-state index is 10.9. The molecule has 1 aliphatic rings. The van der Waals surface area contributed by atoms with Gasteiger partial charge >= 0.3 is 0 Å². The van der Waals surface area contributed by atoms with Gasteiger partial charge in [-0.2, -0.15) is 5.10 Å². The zero-order chi connectivity index (χ0) is 11.3. The zero-order valence-electron chi connectivity index (χ0n) is 9.66. The van der Waals surface area contributed by atoms with Gasteiger partial charge in [0.15, 0.2) is 0 Å². The minimum Gasteiger partial charge on any atom is -0.356 e. The molecule has 0 spiro atoms. The molecule has 1 aromatic rings. The van der Waals surface area contributed by atoms with Gasteiger partial charge in [-0.05, 0) is 12.5 Å². The highest BCUT2D eigenvalue weighted by atomic mass is 16.1. The molecule has 15 heavy (non-hydrogen) atoms. The van der Waals surface area contributed by atoms with Crippen LogP contribution in [0.15, 0.2) is 12.4 Å². The lowest BCUT2D eigenvalue weighted by Gasteiger charge is -2.05. The van der Waals surface area contributed by atoms with Gasteiger partial charge in [0.05, 0.1) is 6.20 Å². The highest BCUT2D eigenvalue weighted by Crippen LogP contribution is 2.11.